The Morgan fingerprint density at radius 1 is 0.615 bits per heavy atom. The van der Waals surface area contributed by atoms with E-state index in [0.717, 1.165) is 36.5 Å². The van der Waals surface area contributed by atoms with Gasteiger partial charge in [0.05, 0.1) is 0 Å². The average Bonchev–Trinajstić information content (AvgIpc) is 2.94. The predicted molar refractivity (Wildman–Crippen MR) is 158 cm³/mol. The summed E-state index contributed by atoms with van der Waals surface area (Å²) in [5, 5.41) is -0.567. The second kappa shape index (κ2) is 14.9. The maximum absolute atomic E-state index is 14.8. The van der Waals surface area contributed by atoms with Crippen LogP contribution in [0.4, 0.5) is 13.2 Å². The highest BCUT2D eigenvalue weighted by atomic mass is 35.5. The van der Waals surface area contributed by atoms with E-state index in [2.05, 4.69) is 31.2 Å². The molecule has 1 aliphatic carbocycles. The molecule has 0 atom stereocenters. The van der Waals surface area contributed by atoms with E-state index in [-0.39, 0.29) is 11.1 Å². The Labute approximate surface area is 238 Å². The summed E-state index contributed by atoms with van der Waals surface area (Å²) in [7, 11) is 0. The Balaban J connectivity index is 1.17. The van der Waals surface area contributed by atoms with Crippen LogP contribution in [0, 0.1) is 29.3 Å². The number of benzene rings is 3. The molecule has 1 saturated carbocycles. The molecule has 4 rings (SSSR count). The Morgan fingerprint density at radius 2 is 1.13 bits per heavy atom. The molecule has 0 unspecified atom stereocenters. The van der Waals surface area contributed by atoms with Crippen LogP contribution < -0.4 is 0 Å². The Bertz CT molecular complexity index is 1160. The predicted octanol–water partition coefficient (Wildman–Crippen LogP) is 11.3. The molecule has 1 fully saturated rings. The molecule has 4 heteroatoms. The molecule has 0 nitrogen and oxygen atoms in total. The molecule has 0 spiro atoms. The fourth-order valence-corrected chi connectivity index (χ4v) is 6.12. The summed E-state index contributed by atoms with van der Waals surface area (Å²) in [5.74, 6) is -0.743. The molecule has 0 heterocycles. The summed E-state index contributed by atoms with van der Waals surface area (Å²) < 4.78 is 42.4. The Hall–Kier alpha value is -2.26. The van der Waals surface area contributed by atoms with Crippen molar-refractivity contribution in [3.05, 3.63) is 93.8 Å². The SMILES string of the molecule is CCCCCCCc1ccc(CC[C@H]2CC[C@H](CCc3ccc(-c4cc(F)c(Cl)c(F)c4)c(F)c3)CC2)cc1. The van der Waals surface area contributed by atoms with E-state index in [1.54, 1.807) is 6.07 Å². The standard InChI is InChI=1S/C35H42ClF3/c1-2-3-4-5-6-7-25-8-10-26(11-9-25)12-13-27-14-16-28(17-15-27)18-19-29-20-21-31(32(37)22-29)30-23-33(38)35(36)34(39)24-30/h8-11,20-24,27-28H,2-7,12-19H2,1H3/t27-,28-. The summed E-state index contributed by atoms with van der Waals surface area (Å²) in [6.07, 6.45) is 17.2. The van der Waals surface area contributed by atoms with E-state index >= 15 is 0 Å². The molecule has 210 valence electrons. The first-order valence-corrected chi connectivity index (χ1v) is 15.3. The van der Waals surface area contributed by atoms with E-state index in [9.17, 15) is 13.2 Å². The lowest BCUT2D eigenvalue weighted by Crippen LogP contribution is -2.15. The highest BCUT2D eigenvalue weighted by Gasteiger charge is 2.21. The summed E-state index contributed by atoms with van der Waals surface area (Å²) in [4.78, 5) is 0. The Kier molecular flexibility index (Phi) is 11.4. The minimum Gasteiger partial charge on any atom is -0.206 e. The molecule has 1 aliphatic rings. The number of hydrogen-bond acceptors (Lipinski definition) is 0. The van der Waals surface area contributed by atoms with Crippen LogP contribution in [0.5, 0.6) is 0 Å². The summed E-state index contributed by atoms with van der Waals surface area (Å²) in [5.41, 5.74) is 4.20. The number of unbranched alkanes of at least 4 members (excludes halogenated alkanes) is 4. The number of hydrogen-bond donors (Lipinski definition) is 0. The van der Waals surface area contributed by atoms with Gasteiger partial charge in [-0.1, -0.05) is 106 Å². The van der Waals surface area contributed by atoms with Crippen molar-refractivity contribution in [3.8, 4) is 11.1 Å². The molecule has 3 aromatic carbocycles. The molecular formula is C35H42ClF3. The van der Waals surface area contributed by atoms with Crippen LogP contribution in [0.2, 0.25) is 5.02 Å². The van der Waals surface area contributed by atoms with Gasteiger partial charge in [-0.2, -0.15) is 0 Å². The lowest BCUT2D eigenvalue weighted by molar-refractivity contribution is 0.253. The molecule has 0 N–H and O–H groups in total. The van der Waals surface area contributed by atoms with Crippen LogP contribution in [0.1, 0.15) is 94.2 Å². The van der Waals surface area contributed by atoms with Gasteiger partial charge in [0, 0.05) is 5.56 Å². The average molecular weight is 555 g/mol. The topological polar surface area (TPSA) is 0 Å². The number of rotatable bonds is 13. The maximum Gasteiger partial charge on any atom is 0.145 e. The first-order valence-electron chi connectivity index (χ1n) is 14.9. The van der Waals surface area contributed by atoms with Crippen LogP contribution in [0.25, 0.3) is 11.1 Å². The third kappa shape index (κ3) is 8.87. The third-order valence-electron chi connectivity index (χ3n) is 8.57. The van der Waals surface area contributed by atoms with Crippen molar-refractivity contribution < 1.29 is 13.2 Å². The van der Waals surface area contributed by atoms with Gasteiger partial charge in [-0.3, -0.25) is 0 Å². The molecule has 0 radical (unpaired) electrons. The van der Waals surface area contributed by atoms with E-state index in [1.807, 2.05) is 6.07 Å². The van der Waals surface area contributed by atoms with Crippen LogP contribution in [0.3, 0.4) is 0 Å². The zero-order valence-corrected chi connectivity index (χ0v) is 24.0. The van der Waals surface area contributed by atoms with Crippen molar-refractivity contribution in [2.75, 3.05) is 0 Å². The largest absolute Gasteiger partial charge is 0.206 e. The lowest BCUT2D eigenvalue weighted by atomic mass is 9.77. The number of halogens is 4. The molecule has 0 saturated heterocycles. The zero-order chi connectivity index (χ0) is 27.6. The third-order valence-corrected chi connectivity index (χ3v) is 8.93. The smallest absolute Gasteiger partial charge is 0.145 e. The first kappa shape index (κ1) is 29.7. The highest BCUT2D eigenvalue weighted by Crippen LogP contribution is 2.35. The van der Waals surface area contributed by atoms with Gasteiger partial charge in [-0.15, -0.1) is 0 Å². The maximum atomic E-state index is 14.8. The van der Waals surface area contributed by atoms with Crippen molar-refractivity contribution in [2.45, 2.75) is 96.8 Å². The minimum absolute atomic E-state index is 0.158. The van der Waals surface area contributed by atoms with Crippen LogP contribution in [0.15, 0.2) is 54.6 Å². The summed E-state index contributed by atoms with van der Waals surface area (Å²) in [6.45, 7) is 2.26. The van der Waals surface area contributed by atoms with E-state index in [0.29, 0.717) is 5.92 Å². The summed E-state index contributed by atoms with van der Waals surface area (Å²) >= 11 is 5.56. The number of aryl methyl sites for hydroxylation is 3. The van der Waals surface area contributed by atoms with Crippen LogP contribution in [-0.4, -0.2) is 0 Å². The fourth-order valence-electron chi connectivity index (χ4n) is 6.01. The van der Waals surface area contributed by atoms with Gasteiger partial charge < -0.3 is 0 Å². The van der Waals surface area contributed by atoms with Gasteiger partial charge in [-0.05, 0) is 90.8 Å². The van der Waals surface area contributed by atoms with E-state index in [4.69, 9.17) is 11.6 Å². The van der Waals surface area contributed by atoms with Crippen molar-refractivity contribution >= 4 is 11.6 Å². The fraction of sp³-hybridized carbons (Fsp3) is 0.486. The monoisotopic (exact) mass is 554 g/mol. The van der Waals surface area contributed by atoms with Gasteiger partial charge in [0.15, 0.2) is 0 Å². The highest BCUT2D eigenvalue weighted by molar-refractivity contribution is 6.31. The van der Waals surface area contributed by atoms with Crippen LogP contribution >= 0.6 is 11.6 Å². The quantitative estimate of drug-likeness (QED) is 0.145. The van der Waals surface area contributed by atoms with Crippen molar-refractivity contribution in [3.63, 3.8) is 0 Å². The van der Waals surface area contributed by atoms with E-state index in [1.165, 1.54) is 94.2 Å². The van der Waals surface area contributed by atoms with Gasteiger partial charge in [0.1, 0.15) is 22.5 Å². The van der Waals surface area contributed by atoms with Gasteiger partial charge in [-0.25, -0.2) is 13.2 Å². The van der Waals surface area contributed by atoms with Gasteiger partial charge in [0.2, 0.25) is 0 Å². The normalized spacial score (nSPS) is 17.5. The van der Waals surface area contributed by atoms with Crippen molar-refractivity contribution in [2.24, 2.45) is 11.8 Å². The zero-order valence-electron chi connectivity index (χ0n) is 23.3. The molecule has 0 bridgehead atoms. The molecule has 39 heavy (non-hydrogen) atoms. The first-order chi connectivity index (χ1) is 18.9. The van der Waals surface area contributed by atoms with Crippen molar-refractivity contribution in [1.82, 2.24) is 0 Å². The molecular weight excluding hydrogens is 513 g/mol. The van der Waals surface area contributed by atoms with E-state index < -0.39 is 22.5 Å². The second-order valence-electron chi connectivity index (χ2n) is 11.5. The van der Waals surface area contributed by atoms with Crippen molar-refractivity contribution in [1.29, 1.82) is 0 Å². The molecule has 0 aromatic heterocycles. The molecule has 0 aliphatic heterocycles. The van der Waals surface area contributed by atoms with Gasteiger partial charge in [0.25, 0.3) is 0 Å². The lowest BCUT2D eigenvalue weighted by Gasteiger charge is -2.28. The Morgan fingerprint density at radius 3 is 1.69 bits per heavy atom. The second-order valence-corrected chi connectivity index (χ2v) is 11.9. The summed E-state index contributed by atoms with van der Waals surface area (Å²) in [6, 6.07) is 16.5. The van der Waals surface area contributed by atoms with Crippen LogP contribution in [-0.2, 0) is 19.3 Å². The van der Waals surface area contributed by atoms with Gasteiger partial charge >= 0.3 is 0 Å². The minimum atomic E-state index is -0.882. The molecule has 3 aromatic rings. The molecule has 0 amide bonds.